The predicted octanol–water partition coefficient (Wildman–Crippen LogP) is 3.15. The van der Waals surface area contributed by atoms with Gasteiger partial charge in [-0.05, 0) is 38.8 Å². The van der Waals surface area contributed by atoms with E-state index in [4.69, 9.17) is 9.72 Å². The van der Waals surface area contributed by atoms with Gasteiger partial charge in [-0.25, -0.2) is 4.98 Å². The molecule has 5 nitrogen and oxygen atoms in total. The number of ether oxygens (including phenoxy) is 1. The lowest BCUT2D eigenvalue weighted by molar-refractivity contribution is -0.148. The Morgan fingerprint density at radius 3 is 2.52 bits per heavy atom. The molecular weight excluding hydrogens is 334 g/mol. The highest BCUT2D eigenvalue weighted by atomic mass is 32.1. The Hall–Kier alpha value is -1.66. The molecule has 0 spiro atoms. The van der Waals surface area contributed by atoms with Gasteiger partial charge in [0.2, 0.25) is 5.91 Å². The van der Waals surface area contributed by atoms with Gasteiger partial charge in [-0.2, -0.15) is 0 Å². The zero-order chi connectivity index (χ0) is 17.4. The van der Waals surface area contributed by atoms with E-state index in [9.17, 15) is 4.79 Å². The number of anilines is 1. The van der Waals surface area contributed by atoms with Crippen molar-refractivity contribution in [3.8, 4) is 0 Å². The van der Waals surface area contributed by atoms with Gasteiger partial charge in [-0.1, -0.05) is 23.5 Å². The molecule has 0 bridgehead atoms. The minimum absolute atomic E-state index is 0.135. The molecule has 6 heteroatoms. The Kier molecular flexibility index (Phi) is 4.65. The fourth-order valence-corrected chi connectivity index (χ4v) is 4.95. The van der Waals surface area contributed by atoms with Crippen molar-refractivity contribution < 1.29 is 9.53 Å². The van der Waals surface area contributed by atoms with Crippen LogP contribution in [0.15, 0.2) is 24.3 Å². The lowest BCUT2D eigenvalue weighted by atomic mass is 9.95. The number of hydrogen-bond acceptors (Lipinski definition) is 5. The summed E-state index contributed by atoms with van der Waals surface area (Å²) in [6.07, 6.45) is 2.09. The van der Waals surface area contributed by atoms with Gasteiger partial charge in [-0.3, -0.25) is 4.79 Å². The van der Waals surface area contributed by atoms with Crippen LogP contribution in [0, 0.1) is 5.92 Å². The second-order valence-corrected chi connectivity index (χ2v) is 8.24. The molecule has 25 heavy (non-hydrogen) atoms. The van der Waals surface area contributed by atoms with Gasteiger partial charge in [0, 0.05) is 32.1 Å². The molecule has 3 heterocycles. The Morgan fingerprint density at radius 1 is 1.16 bits per heavy atom. The first-order valence-corrected chi connectivity index (χ1v) is 9.96. The summed E-state index contributed by atoms with van der Waals surface area (Å²) in [5.74, 6) is 0.453. The third-order valence-corrected chi connectivity index (χ3v) is 6.23. The summed E-state index contributed by atoms with van der Waals surface area (Å²) >= 11 is 1.75. The normalized spacial score (nSPS) is 25.5. The van der Waals surface area contributed by atoms with E-state index in [1.165, 1.54) is 4.70 Å². The first-order valence-electron chi connectivity index (χ1n) is 9.15. The Bertz CT molecular complexity index is 711. The molecule has 2 aromatic rings. The summed E-state index contributed by atoms with van der Waals surface area (Å²) in [4.78, 5) is 22.0. The number of rotatable bonds is 2. The Morgan fingerprint density at radius 2 is 1.84 bits per heavy atom. The summed E-state index contributed by atoms with van der Waals surface area (Å²) < 4.78 is 6.98. The smallest absolute Gasteiger partial charge is 0.225 e. The van der Waals surface area contributed by atoms with E-state index in [0.29, 0.717) is 5.91 Å². The molecule has 2 unspecified atom stereocenters. The van der Waals surface area contributed by atoms with Crippen LogP contribution in [0.3, 0.4) is 0 Å². The highest BCUT2D eigenvalue weighted by molar-refractivity contribution is 7.22. The third-order valence-electron chi connectivity index (χ3n) is 5.13. The standard InChI is InChI=1S/C19H25N3O2S/c1-13-11-22(12-14(2)24-13)18(23)15-7-9-21(10-8-15)19-20-16-5-3-4-6-17(16)25-19/h3-6,13-15H,7-12H2,1-2H3. The van der Waals surface area contributed by atoms with Crippen LogP contribution >= 0.6 is 11.3 Å². The van der Waals surface area contributed by atoms with Crippen LogP contribution in [0.25, 0.3) is 10.2 Å². The monoisotopic (exact) mass is 359 g/mol. The SMILES string of the molecule is CC1CN(C(=O)C2CCN(c3nc4ccccc4s3)CC2)CC(C)O1. The highest BCUT2D eigenvalue weighted by Gasteiger charge is 2.33. The van der Waals surface area contributed by atoms with Crippen LogP contribution in [-0.4, -0.2) is 54.2 Å². The quantitative estimate of drug-likeness (QED) is 0.826. The zero-order valence-corrected chi connectivity index (χ0v) is 15.7. The van der Waals surface area contributed by atoms with E-state index in [-0.39, 0.29) is 18.1 Å². The van der Waals surface area contributed by atoms with Gasteiger partial charge < -0.3 is 14.5 Å². The van der Waals surface area contributed by atoms with E-state index in [0.717, 1.165) is 49.7 Å². The van der Waals surface area contributed by atoms with Gasteiger partial charge in [-0.15, -0.1) is 0 Å². The fourth-order valence-electron chi connectivity index (χ4n) is 3.93. The fraction of sp³-hybridized carbons (Fsp3) is 0.579. The number of carbonyl (C=O) groups excluding carboxylic acids is 1. The molecule has 0 aliphatic carbocycles. The van der Waals surface area contributed by atoms with E-state index < -0.39 is 0 Å². The van der Waals surface area contributed by atoms with Gasteiger partial charge in [0.15, 0.2) is 5.13 Å². The second kappa shape index (κ2) is 6.92. The topological polar surface area (TPSA) is 45.7 Å². The predicted molar refractivity (Wildman–Crippen MR) is 101 cm³/mol. The summed E-state index contributed by atoms with van der Waals surface area (Å²) in [5, 5.41) is 1.08. The van der Waals surface area contributed by atoms with Crippen LogP contribution < -0.4 is 4.90 Å². The average molecular weight is 359 g/mol. The molecule has 0 saturated carbocycles. The van der Waals surface area contributed by atoms with E-state index >= 15 is 0 Å². The number of morpholine rings is 1. The Labute approximate surface area is 152 Å². The van der Waals surface area contributed by atoms with Gasteiger partial charge in [0.25, 0.3) is 0 Å². The molecule has 2 saturated heterocycles. The van der Waals surface area contributed by atoms with Crippen molar-refractivity contribution in [1.29, 1.82) is 0 Å². The number of fused-ring (bicyclic) bond motifs is 1. The first-order chi connectivity index (χ1) is 12.1. The molecule has 1 amide bonds. The molecule has 2 atom stereocenters. The van der Waals surface area contributed by atoms with Gasteiger partial charge in [0.1, 0.15) is 0 Å². The number of amides is 1. The summed E-state index contributed by atoms with van der Waals surface area (Å²) in [5.41, 5.74) is 1.07. The molecule has 1 aromatic heterocycles. The summed E-state index contributed by atoms with van der Waals surface area (Å²) in [7, 11) is 0. The number of nitrogens with zero attached hydrogens (tertiary/aromatic N) is 3. The largest absolute Gasteiger partial charge is 0.372 e. The molecule has 134 valence electrons. The second-order valence-electron chi connectivity index (χ2n) is 7.23. The molecule has 2 fully saturated rings. The third kappa shape index (κ3) is 3.51. The van der Waals surface area contributed by atoms with Crippen molar-refractivity contribution in [2.24, 2.45) is 5.92 Å². The molecular formula is C19H25N3O2S. The minimum Gasteiger partial charge on any atom is -0.372 e. The zero-order valence-electron chi connectivity index (χ0n) is 14.9. The number of thiazole rings is 1. The van der Waals surface area contributed by atoms with Crippen molar-refractivity contribution in [2.45, 2.75) is 38.9 Å². The minimum atomic E-state index is 0.135. The summed E-state index contributed by atoms with van der Waals surface area (Å²) in [6, 6.07) is 8.26. The number of piperidine rings is 1. The Balaban J connectivity index is 1.38. The highest BCUT2D eigenvalue weighted by Crippen LogP contribution is 2.32. The van der Waals surface area contributed by atoms with Crippen LogP contribution in [0.1, 0.15) is 26.7 Å². The molecule has 0 N–H and O–H groups in total. The van der Waals surface area contributed by atoms with Crippen LogP contribution in [-0.2, 0) is 9.53 Å². The van der Waals surface area contributed by atoms with E-state index in [1.807, 2.05) is 24.8 Å². The van der Waals surface area contributed by atoms with Crippen LogP contribution in [0.4, 0.5) is 5.13 Å². The lowest BCUT2D eigenvalue weighted by Gasteiger charge is -2.39. The number of carbonyl (C=O) groups is 1. The van der Waals surface area contributed by atoms with Crippen molar-refractivity contribution in [3.05, 3.63) is 24.3 Å². The number of benzene rings is 1. The van der Waals surface area contributed by atoms with Gasteiger partial charge in [0.05, 0.1) is 22.4 Å². The van der Waals surface area contributed by atoms with E-state index in [1.54, 1.807) is 11.3 Å². The molecule has 2 aliphatic rings. The maximum absolute atomic E-state index is 12.9. The first kappa shape index (κ1) is 16.8. The van der Waals surface area contributed by atoms with Crippen LogP contribution in [0.5, 0.6) is 0 Å². The summed E-state index contributed by atoms with van der Waals surface area (Å²) in [6.45, 7) is 7.36. The molecule has 4 rings (SSSR count). The number of hydrogen-bond donors (Lipinski definition) is 0. The maximum atomic E-state index is 12.9. The van der Waals surface area contributed by atoms with Crippen LogP contribution in [0.2, 0.25) is 0 Å². The van der Waals surface area contributed by atoms with Crippen molar-refractivity contribution >= 4 is 32.6 Å². The molecule has 1 aromatic carbocycles. The van der Waals surface area contributed by atoms with Crippen molar-refractivity contribution in [3.63, 3.8) is 0 Å². The van der Waals surface area contributed by atoms with E-state index in [2.05, 4.69) is 23.1 Å². The van der Waals surface area contributed by atoms with Crippen molar-refractivity contribution in [2.75, 3.05) is 31.1 Å². The van der Waals surface area contributed by atoms with Crippen molar-refractivity contribution in [1.82, 2.24) is 9.88 Å². The molecule has 0 radical (unpaired) electrons. The maximum Gasteiger partial charge on any atom is 0.225 e. The number of para-hydroxylation sites is 1. The van der Waals surface area contributed by atoms with Gasteiger partial charge >= 0.3 is 0 Å². The average Bonchev–Trinajstić information content (AvgIpc) is 3.04. The lowest BCUT2D eigenvalue weighted by Crippen LogP contribution is -2.51. The number of aromatic nitrogens is 1. The molecule has 2 aliphatic heterocycles.